The Bertz CT molecular complexity index is 1090. The number of nitrogens with zero attached hydrogens (tertiary/aromatic N) is 2. The number of methoxy groups -OCH3 is 1. The van der Waals surface area contributed by atoms with E-state index < -0.39 is 0 Å². The summed E-state index contributed by atoms with van der Waals surface area (Å²) < 4.78 is 5.21. The average molecular weight is 398 g/mol. The second-order valence-electron chi connectivity index (χ2n) is 7.19. The maximum absolute atomic E-state index is 13.2. The molecule has 1 aliphatic carbocycles. The van der Waals surface area contributed by atoms with Gasteiger partial charge in [-0.15, -0.1) is 4.91 Å². The number of amides is 1. The van der Waals surface area contributed by atoms with Crippen LogP contribution in [0, 0.1) is 4.91 Å². The van der Waals surface area contributed by atoms with Crippen molar-refractivity contribution in [3.63, 3.8) is 0 Å². The summed E-state index contributed by atoms with van der Waals surface area (Å²) in [5.41, 5.74) is 5.24. The van der Waals surface area contributed by atoms with Crippen molar-refractivity contribution in [3.8, 4) is 5.75 Å². The van der Waals surface area contributed by atoms with Gasteiger partial charge >= 0.3 is 0 Å². The Morgan fingerprint density at radius 2 is 1.87 bits per heavy atom. The highest BCUT2D eigenvalue weighted by molar-refractivity contribution is 6.32. The number of hydrogen-bond donors (Lipinski definition) is 0. The molecule has 30 heavy (non-hydrogen) atoms. The number of allylic oxidation sites excluding steroid dienone is 7. The fraction of sp³-hybridized carbons (Fsp3) is 0.160. The maximum Gasteiger partial charge on any atom is 0.259 e. The van der Waals surface area contributed by atoms with E-state index in [0.717, 1.165) is 34.6 Å². The number of nitroso groups, excluding NO2 is 1. The first-order chi connectivity index (χ1) is 14.7. The molecule has 2 aromatic rings. The average Bonchev–Trinajstić information content (AvgIpc) is 3.06. The van der Waals surface area contributed by atoms with Crippen LogP contribution in [0.2, 0.25) is 0 Å². The van der Waals surface area contributed by atoms with Gasteiger partial charge < -0.3 is 9.64 Å². The monoisotopic (exact) mass is 398 g/mol. The predicted molar refractivity (Wildman–Crippen MR) is 119 cm³/mol. The molecule has 0 atom stereocenters. The molecule has 150 valence electrons. The summed E-state index contributed by atoms with van der Waals surface area (Å²) in [4.78, 5) is 25.6. The highest BCUT2D eigenvalue weighted by Crippen LogP contribution is 2.37. The van der Waals surface area contributed by atoms with Crippen LogP contribution >= 0.6 is 0 Å². The standard InChI is InChI=1S/C25H22N2O3/c1-30-21-15-11-19(12-16-21)17-27-24-8-3-2-6-22(24)23(25(27)28)7-4-5-18-9-13-20(26-29)14-10-18/h2-9,11-13,15-16H,10,14,17H2,1H3/b5-4+,23-7-. The first kappa shape index (κ1) is 19.6. The third-order valence-corrected chi connectivity index (χ3v) is 5.31. The van der Waals surface area contributed by atoms with E-state index >= 15 is 0 Å². The molecule has 0 fully saturated rings. The minimum absolute atomic E-state index is 0.0124. The minimum Gasteiger partial charge on any atom is -0.497 e. The molecule has 0 radical (unpaired) electrons. The lowest BCUT2D eigenvalue weighted by Gasteiger charge is -2.17. The third kappa shape index (κ3) is 4.01. The molecule has 5 nitrogen and oxygen atoms in total. The topological polar surface area (TPSA) is 59.0 Å². The summed E-state index contributed by atoms with van der Waals surface area (Å²) in [6, 6.07) is 15.6. The molecular weight excluding hydrogens is 376 g/mol. The van der Waals surface area contributed by atoms with Gasteiger partial charge in [-0.05, 0) is 59.5 Å². The normalized spacial score (nSPS) is 17.2. The zero-order valence-corrected chi connectivity index (χ0v) is 16.7. The van der Waals surface area contributed by atoms with Gasteiger partial charge in [-0.2, -0.15) is 0 Å². The number of rotatable bonds is 6. The quantitative estimate of drug-likeness (QED) is 0.473. The summed E-state index contributed by atoms with van der Waals surface area (Å²) in [6.45, 7) is 0.498. The molecule has 2 aromatic carbocycles. The molecule has 1 aliphatic heterocycles. The number of benzene rings is 2. The fourth-order valence-electron chi connectivity index (χ4n) is 3.66. The molecule has 4 rings (SSSR count). The van der Waals surface area contributed by atoms with Gasteiger partial charge in [-0.25, -0.2) is 0 Å². The van der Waals surface area contributed by atoms with Crippen LogP contribution in [0.1, 0.15) is 24.0 Å². The molecule has 1 heterocycles. The zero-order valence-electron chi connectivity index (χ0n) is 16.7. The number of carbonyl (C=O) groups is 1. The summed E-state index contributed by atoms with van der Waals surface area (Å²) >= 11 is 0. The van der Waals surface area contributed by atoms with Crippen LogP contribution in [0.5, 0.6) is 5.75 Å². The Labute approximate surface area is 175 Å². The smallest absolute Gasteiger partial charge is 0.259 e. The number of ether oxygens (including phenoxy) is 1. The summed E-state index contributed by atoms with van der Waals surface area (Å²) in [5, 5.41) is 2.99. The zero-order chi connectivity index (χ0) is 20.9. The number of para-hydroxylation sites is 1. The van der Waals surface area contributed by atoms with E-state index in [1.165, 1.54) is 0 Å². The van der Waals surface area contributed by atoms with E-state index in [-0.39, 0.29) is 5.91 Å². The van der Waals surface area contributed by atoms with Crippen molar-refractivity contribution in [1.82, 2.24) is 0 Å². The number of hydrogen-bond acceptors (Lipinski definition) is 4. The number of carbonyl (C=O) groups excluding carboxylic acids is 1. The van der Waals surface area contributed by atoms with Crippen LogP contribution in [0.4, 0.5) is 5.69 Å². The Balaban J connectivity index is 1.57. The lowest BCUT2D eigenvalue weighted by atomic mass is 10.0. The summed E-state index contributed by atoms with van der Waals surface area (Å²) in [7, 11) is 1.64. The fourth-order valence-corrected chi connectivity index (χ4v) is 3.66. The van der Waals surface area contributed by atoms with Crippen LogP contribution in [0.3, 0.4) is 0 Å². The lowest BCUT2D eigenvalue weighted by molar-refractivity contribution is -0.113. The van der Waals surface area contributed by atoms with Gasteiger partial charge in [-0.1, -0.05) is 48.6 Å². The molecular formula is C25H22N2O3. The largest absolute Gasteiger partial charge is 0.497 e. The van der Waals surface area contributed by atoms with E-state index in [4.69, 9.17) is 4.74 Å². The lowest BCUT2D eigenvalue weighted by Crippen LogP contribution is -2.25. The predicted octanol–water partition coefficient (Wildman–Crippen LogP) is 5.55. The summed E-state index contributed by atoms with van der Waals surface area (Å²) in [5.74, 6) is 0.780. The molecule has 5 heteroatoms. The molecule has 0 saturated carbocycles. The second-order valence-corrected chi connectivity index (χ2v) is 7.19. The van der Waals surface area contributed by atoms with Crippen molar-refractivity contribution in [1.29, 1.82) is 0 Å². The van der Waals surface area contributed by atoms with Crippen molar-refractivity contribution in [2.75, 3.05) is 12.0 Å². The van der Waals surface area contributed by atoms with Crippen molar-refractivity contribution >= 4 is 17.2 Å². The van der Waals surface area contributed by atoms with Crippen molar-refractivity contribution in [2.24, 2.45) is 5.18 Å². The van der Waals surface area contributed by atoms with Crippen molar-refractivity contribution in [3.05, 3.63) is 106 Å². The van der Waals surface area contributed by atoms with E-state index in [1.54, 1.807) is 13.2 Å². The molecule has 0 aromatic heterocycles. The highest BCUT2D eigenvalue weighted by Gasteiger charge is 2.31. The Morgan fingerprint density at radius 1 is 1.07 bits per heavy atom. The van der Waals surface area contributed by atoms with Gasteiger partial charge in [0.05, 0.1) is 25.0 Å². The van der Waals surface area contributed by atoms with Crippen LogP contribution in [-0.4, -0.2) is 13.0 Å². The molecule has 1 amide bonds. The minimum atomic E-state index is -0.0124. The van der Waals surface area contributed by atoms with Crippen LogP contribution in [-0.2, 0) is 11.3 Å². The van der Waals surface area contributed by atoms with Gasteiger partial charge in [0.1, 0.15) is 5.75 Å². The Hall–Kier alpha value is -3.73. The van der Waals surface area contributed by atoms with Crippen LogP contribution in [0.25, 0.3) is 5.57 Å². The van der Waals surface area contributed by atoms with Crippen LogP contribution < -0.4 is 9.64 Å². The number of anilines is 1. The van der Waals surface area contributed by atoms with Gasteiger partial charge in [-0.3, -0.25) is 4.79 Å². The molecule has 0 N–H and O–H groups in total. The maximum atomic E-state index is 13.2. The van der Waals surface area contributed by atoms with E-state index in [9.17, 15) is 9.70 Å². The molecule has 0 bridgehead atoms. The molecule has 0 spiro atoms. The van der Waals surface area contributed by atoms with E-state index in [0.29, 0.717) is 24.2 Å². The third-order valence-electron chi connectivity index (χ3n) is 5.31. The SMILES string of the molecule is COc1ccc(CN2C(=O)/C(=C\C=C\C3=CC=C(N=O)CC3)c3ccccc32)cc1. The second kappa shape index (κ2) is 8.74. The van der Waals surface area contributed by atoms with Gasteiger partial charge in [0.2, 0.25) is 0 Å². The Morgan fingerprint density at radius 3 is 2.57 bits per heavy atom. The number of fused-ring (bicyclic) bond motifs is 1. The van der Waals surface area contributed by atoms with Gasteiger partial charge in [0.15, 0.2) is 0 Å². The highest BCUT2D eigenvalue weighted by atomic mass is 16.5. The van der Waals surface area contributed by atoms with Gasteiger partial charge in [0.25, 0.3) is 5.91 Å². The molecule has 0 saturated heterocycles. The Kier molecular flexibility index (Phi) is 5.70. The van der Waals surface area contributed by atoms with Gasteiger partial charge in [0, 0.05) is 11.1 Å². The van der Waals surface area contributed by atoms with E-state index in [1.807, 2.05) is 77.7 Å². The van der Waals surface area contributed by atoms with Crippen molar-refractivity contribution in [2.45, 2.75) is 19.4 Å². The first-order valence-corrected chi connectivity index (χ1v) is 9.85. The summed E-state index contributed by atoms with van der Waals surface area (Å²) in [6.07, 6.45) is 10.8. The molecule has 2 aliphatic rings. The molecule has 0 unspecified atom stereocenters. The van der Waals surface area contributed by atoms with Crippen molar-refractivity contribution < 1.29 is 9.53 Å². The first-order valence-electron chi connectivity index (χ1n) is 9.85. The van der Waals surface area contributed by atoms with E-state index in [2.05, 4.69) is 5.18 Å². The van der Waals surface area contributed by atoms with Crippen LogP contribution in [0.15, 0.2) is 95.4 Å².